The number of ether oxygens (including phenoxy) is 1. The Balaban J connectivity index is 2.66. The van der Waals surface area contributed by atoms with Gasteiger partial charge in [0.05, 0.1) is 28.9 Å². The minimum Gasteiger partial charge on any atom is -0.380 e. The van der Waals surface area contributed by atoms with Crippen LogP contribution in [0.4, 0.5) is 0 Å². The standard InChI is InChI=1S/C15H22N2O2S/c1-4-19-10-13(11(2)3)17-15(18)14-8-7-12(20-14)6-5-9-16/h7-8,11,13H,4,9-10,16H2,1-3H3,(H,17,18). The van der Waals surface area contributed by atoms with Crippen molar-refractivity contribution in [3.8, 4) is 11.8 Å². The molecule has 4 nitrogen and oxygen atoms in total. The van der Waals surface area contributed by atoms with Gasteiger partial charge in [0.15, 0.2) is 0 Å². The van der Waals surface area contributed by atoms with Gasteiger partial charge in [-0.25, -0.2) is 0 Å². The number of amides is 1. The molecule has 5 heteroatoms. The van der Waals surface area contributed by atoms with E-state index in [1.165, 1.54) is 11.3 Å². The molecular formula is C15H22N2O2S. The molecule has 1 rings (SSSR count). The summed E-state index contributed by atoms with van der Waals surface area (Å²) in [6.45, 7) is 7.58. The largest absolute Gasteiger partial charge is 0.380 e. The van der Waals surface area contributed by atoms with Gasteiger partial charge in [0.2, 0.25) is 0 Å². The summed E-state index contributed by atoms with van der Waals surface area (Å²) in [6, 6.07) is 3.65. The van der Waals surface area contributed by atoms with Gasteiger partial charge in [-0.3, -0.25) is 4.79 Å². The van der Waals surface area contributed by atoms with E-state index in [0.29, 0.717) is 30.6 Å². The average Bonchev–Trinajstić information content (AvgIpc) is 2.89. The van der Waals surface area contributed by atoms with Gasteiger partial charge < -0.3 is 15.8 Å². The van der Waals surface area contributed by atoms with Gasteiger partial charge in [0.1, 0.15) is 0 Å². The maximum atomic E-state index is 12.2. The van der Waals surface area contributed by atoms with E-state index in [4.69, 9.17) is 10.5 Å². The molecule has 0 bridgehead atoms. The van der Waals surface area contributed by atoms with E-state index in [-0.39, 0.29) is 11.9 Å². The highest BCUT2D eigenvalue weighted by Gasteiger charge is 2.18. The van der Waals surface area contributed by atoms with E-state index in [0.717, 1.165) is 4.88 Å². The van der Waals surface area contributed by atoms with E-state index in [1.54, 1.807) is 6.07 Å². The topological polar surface area (TPSA) is 64.3 Å². The Hall–Kier alpha value is -1.35. The van der Waals surface area contributed by atoms with E-state index >= 15 is 0 Å². The van der Waals surface area contributed by atoms with Gasteiger partial charge in [-0.15, -0.1) is 11.3 Å². The lowest BCUT2D eigenvalue weighted by molar-refractivity contribution is 0.0809. The van der Waals surface area contributed by atoms with Crippen LogP contribution in [0.3, 0.4) is 0 Å². The first-order valence-corrected chi connectivity index (χ1v) is 7.57. The lowest BCUT2D eigenvalue weighted by Crippen LogP contribution is -2.41. The molecule has 0 aliphatic rings. The van der Waals surface area contributed by atoms with E-state index in [9.17, 15) is 4.79 Å². The molecule has 1 atom stereocenters. The second kappa shape index (κ2) is 8.75. The fourth-order valence-corrected chi connectivity index (χ4v) is 2.33. The Bertz CT molecular complexity index is 486. The number of nitrogens with two attached hydrogens (primary N) is 1. The molecule has 0 aromatic carbocycles. The first-order chi connectivity index (χ1) is 9.58. The molecular weight excluding hydrogens is 272 g/mol. The predicted molar refractivity (Wildman–Crippen MR) is 82.8 cm³/mol. The van der Waals surface area contributed by atoms with Crippen LogP contribution < -0.4 is 11.1 Å². The summed E-state index contributed by atoms with van der Waals surface area (Å²) in [6.07, 6.45) is 0. The quantitative estimate of drug-likeness (QED) is 0.787. The predicted octanol–water partition coefficient (Wildman–Crippen LogP) is 1.85. The Morgan fingerprint density at radius 3 is 2.85 bits per heavy atom. The van der Waals surface area contributed by atoms with Crippen LogP contribution in [-0.2, 0) is 4.74 Å². The maximum Gasteiger partial charge on any atom is 0.261 e. The summed E-state index contributed by atoms with van der Waals surface area (Å²) in [5.74, 6) is 5.96. The average molecular weight is 294 g/mol. The highest BCUT2D eigenvalue weighted by molar-refractivity contribution is 7.14. The third-order valence-electron chi connectivity index (χ3n) is 2.77. The maximum absolute atomic E-state index is 12.2. The zero-order chi connectivity index (χ0) is 15.0. The normalized spacial score (nSPS) is 11.8. The minimum absolute atomic E-state index is 0.0168. The zero-order valence-corrected chi connectivity index (χ0v) is 13.0. The molecule has 0 spiro atoms. The first-order valence-electron chi connectivity index (χ1n) is 6.75. The number of rotatable bonds is 6. The molecule has 0 aliphatic carbocycles. The van der Waals surface area contributed by atoms with Crippen molar-refractivity contribution in [1.29, 1.82) is 0 Å². The van der Waals surface area contributed by atoms with Gasteiger partial charge in [0.25, 0.3) is 5.91 Å². The third-order valence-corrected chi connectivity index (χ3v) is 3.77. The minimum atomic E-state index is -0.0748. The molecule has 3 N–H and O–H groups in total. The summed E-state index contributed by atoms with van der Waals surface area (Å²) in [4.78, 5) is 13.7. The van der Waals surface area contributed by atoms with E-state index in [2.05, 4.69) is 31.0 Å². The van der Waals surface area contributed by atoms with Crippen LogP contribution in [0.5, 0.6) is 0 Å². The van der Waals surface area contributed by atoms with Crippen LogP contribution >= 0.6 is 11.3 Å². The fraction of sp³-hybridized carbons (Fsp3) is 0.533. The van der Waals surface area contributed by atoms with Gasteiger partial charge in [-0.05, 0) is 25.0 Å². The molecule has 0 fully saturated rings. The molecule has 0 saturated carbocycles. The van der Waals surface area contributed by atoms with Gasteiger partial charge >= 0.3 is 0 Å². The van der Waals surface area contributed by atoms with Crippen LogP contribution in [-0.4, -0.2) is 31.7 Å². The number of nitrogens with one attached hydrogen (secondary N) is 1. The highest BCUT2D eigenvalue weighted by atomic mass is 32.1. The zero-order valence-electron chi connectivity index (χ0n) is 12.2. The number of thiophene rings is 1. The van der Waals surface area contributed by atoms with E-state index in [1.807, 2.05) is 13.0 Å². The van der Waals surface area contributed by atoms with Crippen LogP contribution in [0.2, 0.25) is 0 Å². The van der Waals surface area contributed by atoms with Crippen molar-refractivity contribution in [2.45, 2.75) is 26.8 Å². The molecule has 0 radical (unpaired) electrons. The highest BCUT2D eigenvalue weighted by Crippen LogP contribution is 2.16. The summed E-state index contributed by atoms with van der Waals surface area (Å²) < 4.78 is 5.40. The fourth-order valence-electron chi connectivity index (χ4n) is 1.55. The van der Waals surface area contributed by atoms with Gasteiger partial charge in [0, 0.05) is 6.61 Å². The molecule has 0 aliphatic heterocycles. The van der Waals surface area contributed by atoms with Gasteiger partial charge in [-0.1, -0.05) is 25.7 Å². The first kappa shape index (κ1) is 16.7. The molecule has 1 unspecified atom stereocenters. The van der Waals surface area contributed by atoms with Crippen LogP contribution in [0.25, 0.3) is 0 Å². The van der Waals surface area contributed by atoms with Crippen molar-refractivity contribution in [1.82, 2.24) is 5.32 Å². The Morgan fingerprint density at radius 2 is 2.25 bits per heavy atom. The van der Waals surface area contributed by atoms with Crippen LogP contribution in [0.1, 0.15) is 35.3 Å². The molecule has 1 aromatic rings. The Morgan fingerprint density at radius 1 is 1.50 bits per heavy atom. The molecule has 1 aromatic heterocycles. The van der Waals surface area contributed by atoms with Crippen molar-refractivity contribution in [3.63, 3.8) is 0 Å². The molecule has 1 heterocycles. The number of carbonyl (C=O) groups is 1. The molecule has 0 saturated heterocycles. The lowest BCUT2D eigenvalue weighted by Gasteiger charge is -2.21. The third kappa shape index (κ3) is 5.33. The van der Waals surface area contributed by atoms with Crippen molar-refractivity contribution in [2.75, 3.05) is 19.8 Å². The molecule has 1 amide bonds. The second-order valence-corrected chi connectivity index (χ2v) is 5.74. The van der Waals surface area contributed by atoms with Crippen LogP contribution in [0.15, 0.2) is 12.1 Å². The Kier molecular flexibility index (Phi) is 7.31. The molecule has 110 valence electrons. The van der Waals surface area contributed by atoms with Crippen LogP contribution in [0, 0.1) is 17.8 Å². The monoisotopic (exact) mass is 294 g/mol. The number of hydrogen-bond donors (Lipinski definition) is 2. The van der Waals surface area contributed by atoms with Crippen molar-refractivity contribution >= 4 is 17.2 Å². The van der Waals surface area contributed by atoms with Crippen molar-refractivity contribution < 1.29 is 9.53 Å². The molecule has 20 heavy (non-hydrogen) atoms. The SMILES string of the molecule is CCOCC(NC(=O)c1ccc(C#CCN)s1)C(C)C. The summed E-state index contributed by atoms with van der Waals surface area (Å²) in [7, 11) is 0. The summed E-state index contributed by atoms with van der Waals surface area (Å²) in [5, 5.41) is 3.01. The number of hydrogen-bond acceptors (Lipinski definition) is 4. The van der Waals surface area contributed by atoms with Crippen molar-refractivity contribution in [2.24, 2.45) is 11.7 Å². The Labute approximate surface area is 124 Å². The lowest BCUT2D eigenvalue weighted by atomic mass is 10.1. The van der Waals surface area contributed by atoms with E-state index < -0.39 is 0 Å². The summed E-state index contributed by atoms with van der Waals surface area (Å²) in [5.41, 5.74) is 5.33. The smallest absolute Gasteiger partial charge is 0.261 e. The van der Waals surface area contributed by atoms with Crippen molar-refractivity contribution in [3.05, 3.63) is 21.9 Å². The van der Waals surface area contributed by atoms with Gasteiger partial charge in [-0.2, -0.15) is 0 Å². The second-order valence-electron chi connectivity index (χ2n) is 4.65. The summed E-state index contributed by atoms with van der Waals surface area (Å²) >= 11 is 1.38. The number of carbonyl (C=O) groups excluding carboxylic acids is 1.